The summed E-state index contributed by atoms with van der Waals surface area (Å²) in [6, 6.07) is 0.184. The van der Waals surface area contributed by atoms with Crippen LogP contribution >= 0.6 is 0 Å². The predicted molar refractivity (Wildman–Crippen MR) is 66.9 cm³/mol. The van der Waals surface area contributed by atoms with Crippen molar-refractivity contribution in [2.45, 2.75) is 46.2 Å². The van der Waals surface area contributed by atoms with Crippen LogP contribution in [-0.2, 0) is 6.54 Å². The zero-order valence-electron chi connectivity index (χ0n) is 10.4. The van der Waals surface area contributed by atoms with E-state index in [0.29, 0.717) is 5.41 Å². The number of aromatic nitrogens is 2. The number of nitrogens with two attached hydrogens (primary N) is 1. The summed E-state index contributed by atoms with van der Waals surface area (Å²) in [6.07, 6.45) is 8.42. The van der Waals surface area contributed by atoms with E-state index in [-0.39, 0.29) is 6.04 Å². The average Bonchev–Trinajstić information content (AvgIpc) is 2.62. The van der Waals surface area contributed by atoms with Crippen molar-refractivity contribution in [1.29, 1.82) is 0 Å². The highest BCUT2D eigenvalue weighted by atomic mass is 15.3. The van der Waals surface area contributed by atoms with Crippen molar-refractivity contribution >= 4 is 5.57 Å². The number of nitrogens with zero attached hydrogens (tertiary/aromatic N) is 2. The molecule has 3 nitrogen and oxygen atoms in total. The first-order valence-corrected chi connectivity index (χ1v) is 5.99. The number of hydrogen-bond acceptors (Lipinski definition) is 2. The molecule has 1 aromatic rings. The summed E-state index contributed by atoms with van der Waals surface area (Å²) in [6.45, 7) is 7.58. The zero-order valence-corrected chi connectivity index (χ0v) is 10.4. The molecule has 1 atom stereocenters. The summed E-state index contributed by atoms with van der Waals surface area (Å²) in [5, 5.41) is 4.32. The minimum absolute atomic E-state index is 0.184. The minimum Gasteiger partial charge on any atom is -0.324 e. The van der Waals surface area contributed by atoms with Crippen molar-refractivity contribution in [3.05, 3.63) is 24.0 Å². The Kier molecular flexibility index (Phi) is 2.89. The van der Waals surface area contributed by atoms with Gasteiger partial charge in [0.05, 0.1) is 6.20 Å². The molecule has 2 N–H and O–H groups in total. The molecule has 0 fully saturated rings. The molecule has 88 valence electrons. The lowest BCUT2D eigenvalue weighted by molar-refractivity contribution is 0.319. The molecule has 0 radical (unpaired) electrons. The van der Waals surface area contributed by atoms with Crippen LogP contribution < -0.4 is 5.73 Å². The van der Waals surface area contributed by atoms with E-state index in [9.17, 15) is 0 Å². The van der Waals surface area contributed by atoms with Gasteiger partial charge in [-0.05, 0) is 30.8 Å². The molecule has 0 spiro atoms. The molecular formula is C13H21N3. The van der Waals surface area contributed by atoms with Gasteiger partial charge in [0, 0.05) is 24.3 Å². The molecule has 0 amide bonds. The van der Waals surface area contributed by atoms with E-state index in [1.54, 1.807) is 0 Å². The smallest absolute Gasteiger partial charge is 0.0564 e. The molecule has 16 heavy (non-hydrogen) atoms. The first-order chi connectivity index (χ1) is 7.50. The van der Waals surface area contributed by atoms with Crippen LogP contribution in [0.1, 0.15) is 39.2 Å². The average molecular weight is 219 g/mol. The molecule has 1 aliphatic carbocycles. The molecule has 1 unspecified atom stereocenters. The van der Waals surface area contributed by atoms with Crippen molar-refractivity contribution in [3.63, 3.8) is 0 Å². The maximum atomic E-state index is 6.07. The summed E-state index contributed by atoms with van der Waals surface area (Å²) in [7, 11) is 0. The largest absolute Gasteiger partial charge is 0.324 e. The van der Waals surface area contributed by atoms with Crippen molar-refractivity contribution < 1.29 is 0 Å². The third-order valence-corrected chi connectivity index (χ3v) is 3.20. The quantitative estimate of drug-likeness (QED) is 0.830. The number of hydrogen-bond donors (Lipinski definition) is 1. The van der Waals surface area contributed by atoms with E-state index >= 15 is 0 Å². The van der Waals surface area contributed by atoms with Gasteiger partial charge < -0.3 is 5.73 Å². The standard InChI is InChI=1S/C13H21N3/c1-4-16-9-11(8-15-16)10-5-12(14)7-13(2,3)6-10/h5,8-9,12H,4,6-7,14H2,1-3H3. The Bertz CT molecular complexity index is 401. The van der Waals surface area contributed by atoms with Crippen LogP contribution in [0.5, 0.6) is 0 Å². The summed E-state index contributed by atoms with van der Waals surface area (Å²) in [5.41, 5.74) is 8.95. The number of aryl methyl sites for hydroxylation is 1. The molecule has 3 heteroatoms. The highest BCUT2D eigenvalue weighted by Gasteiger charge is 2.27. The van der Waals surface area contributed by atoms with Gasteiger partial charge in [0.2, 0.25) is 0 Å². The monoisotopic (exact) mass is 219 g/mol. The fourth-order valence-electron chi connectivity index (χ4n) is 2.50. The number of allylic oxidation sites excluding steroid dienone is 1. The van der Waals surface area contributed by atoms with Crippen LogP contribution in [0.15, 0.2) is 18.5 Å². The Balaban J connectivity index is 2.26. The topological polar surface area (TPSA) is 43.8 Å². The molecule has 0 aliphatic heterocycles. The van der Waals surface area contributed by atoms with Crippen LogP contribution in [0.25, 0.3) is 5.57 Å². The Morgan fingerprint density at radius 2 is 2.31 bits per heavy atom. The lowest BCUT2D eigenvalue weighted by Crippen LogP contribution is -2.30. The molecular weight excluding hydrogens is 198 g/mol. The van der Waals surface area contributed by atoms with Crippen LogP contribution in [-0.4, -0.2) is 15.8 Å². The molecule has 0 saturated heterocycles. The molecule has 1 aromatic heterocycles. The van der Waals surface area contributed by atoms with E-state index in [1.165, 1.54) is 11.1 Å². The third kappa shape index (κ3) is 2.35. The Hall–Kier alpha value is -1.09. The fraction of sp³-hybridized carbons (Fsp3) is 0.615. The van der Waals surface area contributed by atoms with Crippen LogP contribution in [0.4, 0.5) is 0 Å². The van der Waals surface area contributed by atoms with Gasteiger partial charge in [-0.15, -0.1) is 0 Å². The minimum atomic E-state index is 0.184. The van der Waals surface area contributed by atoms with E-state index < -0.39 is 0 Å². The predicted octanol–water partition coefficient (Wildman–Crippen LogP) is 2.43. The van der Waals surface area contributed by atoms with Gasteiger partial charge in [0.1, 0.15) is 0 Å². The Morgan fingerprint density at radius 1 is 1.56 bits per heavy atom. The van der Waals surface area contributed by atoms with Crippen LogP contribution in [0.3, 0.4) is 0 Å². The van der Waals surface area contributed by atoms with Crippen LogP contribution in [0.2, 0.25) is 0 Å². The molecule has 2 rings (SSSR count). The normalized spacial score (nSPS) is 24.2. The summed E-state index contributed by atoms with van der Waals surface area (Å²) in [4.78, 5) is 0. The molecule has 0 aromatic carbocycles. The molecule has 1 aliphatic rings. The van der Waals surface area contributed by atoms with Crippen molar-refractivity contribution in [3.8, 4) is 0 Å². The van der Waals surface area contributed by atoms with Gasteiger partial charge in [-0.2, -0.15) is 5.10 Å². The first kappa shape index (κ1) is 11.4. The van der Waals surface area contributed by atoms with Crippen molar-refractivity contribution in [2.75, 3.05) is 0 Å². The Morgan fingerprint density at radius 3 is 2.88 bits per heavy atom. The SMILES string of the molecule is CCn1cc(C2=CC(N)CC(C)(C)C2)cn1. The zero-order chi connectivity index (χ0) is 11.8. The van der Waals surface area contributed by atoms with E-state index in [2.05, 4.69) is 38.1 Å². The lowest BCUT2D eigenvalue weighted by Gasteiger charge is -2.32. The van der Waals surface area contributed by atoms with E-state index in [1.807, 2.05) is 10.9 Å². The summed E-state index contributed by atoms with van der Waals surface area (Å²) >= 11 is 0. The molecule has 0 saturated carbocycles. The van der Waals surface area contributed by atoms with E-state index in [0.717, 1.165) is 19.4 Å². The van der Waals surface area contributed by atoms with Crippen LogP contribution in [0, 0.1) is 5.41 Å². The van der Waals surface area contributed by atoms with Gasteiger partial charge in [-0.25, -0.2) is 0 Å². The maximum Gasteiger partial charge on any atom is 0.0564 e. The van der Waals surface area contributed by atoms with Gasteiger partial charge >= 0.3 is 0 Å². The highest BCUT2D eigenvalue weighted by molar-refractivity contribution is 5.66. The second-order valence-electron chi connectivity index (χ2n) is 5.49. The fourth-order valence-corrected chi connectivity index (χ4v) is 2.50. The number of rotatable bonds is 2. The van der Waals surface area contributed by atoms with Crippen molar-refractivity contribution in [2.24, 2.45) is 11.1 Å². The van der Waals surface area contributed by atoms with Gasteiger partial charge in [-0.3, -0.25) is 4.68 Å². The van der Waals surface area contributed by atoms with E-state index in [4.69, 9.17) is 5.73 Å². The third-order valence-electron chi connectivity index (χ3n) is 3.20. The maximum absolute atomic E-state index is 6.07. The summed E-state index contributed by atoms with van der Waals surface area (Å²) < 4.78 is 1.96. The highest BCUT2D eigenvalue weighted by Crippen LogP contribution is 2.38. The molecule has 1 heterocycles. The lowest BCUT2D eigenvalue weighted by atomic mass is 9.74. The second kappa shape index (κ2) is 4.06. The van der Waals surface area contributed by atoms with Gasteiger partial charge in [-0.1, -0.05) is 19.9 Å². The Labute approximate surface area is 97.3 Å². The van der Waals surface area contributed by atoms with Gasteiger partial charge in [0.15, 0.2) is 0 Å². The van der Waals surface area contributed by atoms with Gasteiger partial charge in [0.25, 0.3) is 0 Å². The van der Waals surface area contributed by atoms with Crippen molar-refractivity contribution in [1.82, 2.24) is 9.78 Å². The summed E-state index contributed by atoms with van der Waals surface area (Å²) in [5.74, 6) is 0. The molecule has 0 bridgehead atoms. The first-order valence-electron chi connectivity index (χ1n) is 5.99. The second-order valence-corrected chi connectivity index (χ2v) is 5.49.